The molecule has 0 saturated carbocycles. The van der Waals surface area contributed by atoms with Gasteiger partial charge in [-0.15, -0.1) is 22.7 Å². The number of hydrogen-bond acceptors (Lipinski definition) is 10. The van der Waals surface area contributed by atoms with Gasteiger partial charge in [0.1, 0.15) is 22.2 Å². The number of sulfonamides is 1. The van der Waals surface area contributed by atoms with Crippen LogP contribution >= 0.6 is 22.7 Å². The first-order valence-electron chi connectivity index (χ1n) is 11.7. The highest BCUT2D eigenvalue weighted by molar-refractivity contribution is 7.93. The number of nitrogens with zero attached hydrogens (tertiary/aromatic N) is 3. The highest BCUT2D eigenvalue weighted by Gasteiger charge is 2.16. The highest BCUT2D eigenvalue weighted by Crippen LogP contribution is 2.30. The van der Waals surface area contributed by atoms with Crippen LogP contribution in [0.15, 0.2) is 104 Å². The van der Waals surface area contributed by atoms with E-state index in [4.69, 9.17) is 4.42 Å². The number of nitriles is 1. The van der Waals surface area contributed by atoms with Crippen LogP contribution in [-0.4, -0.2) is 18.4 Å². The van der Waals surface area contributed by atoms with E-state index in [-0.39, 0.29) is 15.6 Å². The lowest BCUT2D eigenvalue weighted by atomic mass is 10.0. The van der Waals surface area contributed by atoms with Crippen molar-refractivity contribution < 1.29 is 12.8 Å². The van der Waals surface area contributed by atoms with Crippen molar-refractivity contribution in [1.82, 2.24) is 9.97 Å². The lowest BCUT2D eigenvalue weighted by Gasteiger charge is -2.06. The molecule has 0 aliphatic carbocycles. The Labute approximate surface area is 235 Å². The van der Waals surface area contributed by atoms with E-state index in [1.807, 2.05) is 30.3 Å². The molecule has 3 heterocycles. The summed E-state index contributed by atoms with van der Waals surface area (Å²) in [5.74, 6) is 0. The van der Waals surface area contributed by atoms with Gasteiger partial charge in [0.15, 0.2) is 5.13 Å². The van der Waals surface area contributed by atoms with Crippen molar-refractivity contribution in [3.63, 3.8) is 0 Å². The topological polar surface area (TPSA) is 138 Å². The van der Waals surface area contributed by atoms with Gasteiger partial charge in [-0.25, -0.2) is 23.2 Å². The molecule has 0 atom stereocenters. The number of thiazole rings is 2. The summed E-state index contributed by atoms with van der Waals surface area (Å²) in [6, 6.07) is 21.5. The number of benzene rings is 3. The van der Waals surface area contributed by atoms with E-state index in [9.17, 15) is 18.5 Å². The summed E-state index contributed by atoms with van der Waals surface area (Å²) in [4.78, 5) is 21.3. The van der Waals surface area contributed by atoms with E-state index >= 15 is 0 Å². The maximum atomic E-state index is 12.8. The molecule has 2 N–H and O–H groups in total. The van der Waals surface area contributed by atoms with Crippen molar-refractivity contribution in [2.75, 3.05) is 10.0 Å². The predicted molar refractivity (Wildman–Crippen MR) is 158 cm³/mol. The van der Waals surface area contributed by atoms with Gasteiger partial charge in [0.25, 0.3) is 10.0 Å². The van der Waals surface area contributed by atoms with Crippen molar-refractivity contribution >= 4 is 70.8 Å². The predicted octanol–water partition coefficient (Wildman–Crippen LogP) is 6.30. The molecule has 0 radical (unpaired) electrons. The average Bonchev–Trinajstić information content (AvgIpc) is 3.66. The summed E-state index contributed by atoms with van der Waals surface area (Å²) in [5, 5.41) is 19.6. The number of anilines is 2. The Kier molecular flexibility index (Phi) is 6.61. The molecule has 0 unspecified atom stereocenters. The van der Waals surface area contributed by atoms with Gasteiger partial charge >= 0.3 is 5.63 Å². The molecule has 0 fully saturated rings. The van der Waals surface area contributed by atoms with Crippen LogP contribution in [0.3, 0.4) is 0 Å². The first kappa shape index (κ1) is 25.4. The van der Waals surface area contributed by atoms with E-state index < -0.39 is 15.6 Å². The largest absolute Gasteiger partial charge is 0.422 e. The Morgan fingerprint density at radius 3 is 2.62 bits per heavy atom. The van der Waals surface area contributed by atoms with Crippen molar-refractivity contribution in [1.29, 1.82) is 5.26 Å². The van der Waals surface area contributed by atoms with Gasteiger partial charge in [-0.05, 0) is 47.2 Å². The van der Waals surface area contributed by atoms with Crippen molar-refractivity contribution in [3.05, 3.63) is 105 Å². The zero-order chi connectivity index (χ0) is 27.7. The van der Waals surface area contributed by atoms with Crippen LogP contribution < -0.4 is 15.7 Å². The second-order valence-electron chi connectivity index (χ2n) is 8.47. The number of hydrogen-bond donors (Lipinski definition) is 2. The van der Waals surface area contributed by atoms with Crippen LogP contribution in [0.1, 0.15) is 5.01 Å². The Balaban J connectivity index is 1.24. The SMILES string of the molecule is N#C/C(=C/Nc1ccc(S(=O)(=O)Nc2nccs2)cc1)c1nc(-c2cc3c(ccc4ccccc43)oc2=O)cs1. The van der Waals surface area contributed by atoms with E-state index in [1.165, 1.54) is 47.2 Å². The van der Waals surface area contributed by atoms with Crippen LogP contribution in [0, 0.1) is 11.3 Å². The van der Waals surface area contributed by atoms with Crippen molar-refractivity contribution in [2.24, 2.45) is 0 Å². The summed E-state index contributed by atoms with van der Waals surface area (Å²) in [5.41, 5.74) is 1.50. The minimum Gasteiger partial charge on any atom is -0.422 e. The lowest BCUT2D eigenvalue weighted by molar-refractivity contribution is 0.563. The second-order valence-corrected chi connectivity index (χ2v) is 11.9. The van der Waals surface area contributed by atoms with Crippen LogP contribution in [0.5, 0.6) is 0 Å². The molecule has 12 heteroatoms. The summed E-state index contributed by atoms with van der Waals surface area (Å²) in [6.07, 6.45) is 2.99. The van der Waals surface area contributed by atoms with Crippen molar-refractivity contribution in [3.8, 4) is 17.3 Å². The molecule has 0 bridgehead atoms. The zero-order valence-corrected chi connectivity index (χ0v) is 22.8. The lowest BCUT2D eigenvalue weighted by Crippen LogP contribution is -2.12. The molecule has 3 aromatic heterocycles. The maximum Gasteiger partial charge on any atom is 0.345 e. The van der Waals surface area contributed by atoms with E-state index in [0.29, 0.717) is 27.5 Å². The number of rotatable bonds is 7. The number of nitrogens with one attached hydrogen (secondary N) is 2. The van der Waals surface area contributed by atoms with Gasteiger partial charge in [-0.2, -0.15) is 5.26 Å². The molecule has 0 aliphatic heterocycles. The Morgan fingerprint density at radius 2 is 1.85 bits per heavy atom. The Hall–Kier alpha value is -4.83. The van der Waals surface area contributed by atoms with Crippen LogP contribution in [0.25, 0.3) is 38.6 Å². The first-order chi connectivity index (χ1) is 19.4. The fraction of sp³-hybridized carbons (Fsp3) is 0. The first-order valence-corrected chi connectivity index (χ1v) is 15.0. The van der Waals surface area contributed by atoms with Gasteiger partial charge in [-0.1, -0.05) is 30.3 Å². The molecule has 196 valence electrons. The smallest absolute Gasteiger partial charge is 0.345 e. The quantitative estimate of drug-likeness (QED) is 0.127. The van der Waals surface area contributed by atoms with E-state index in [1.54, 1.807) is 35.0 Å². The Morgan fingerprint density at radius 1 is 1.02 bits per heavy atom. The molecule has 3 aromatic carbocycles. The third kappa shape index (κ3) is 4.96. The monoisotopic (exact) mass is 583 g/mol. The zero-order valence-electron chi connectivity index (χ0n) is 20.4. The molecule has 6 aromatic rings. The summed E-state index contributed by atoms with van der Waals surface area (Å²) in [7, 11) is -3.77. The molecule has 6 rings (SSSR count). The molecule has 0 aliphatic rings. The third-order valence-electron chi connectivity index (χ3n) is 5.97. The minimum absolute atomic E-state index is 0.0734. The van der Waals surface area contributed by atoms with Crippen molar-refractivity contribution in [2.45, 2.75) is 4.90 Å². The number of fused-ring (bicyclic) bond motifs is 3. The van der Waals surface area contributed by atoms with Gasteiger partial charge < -0.3 is 9.73 Å². The molecular weight excluding hydrogens is 567 g/mol. The molecule has 9 nitrogen and oxygen atoms in total. The standard InChI is InChI=1S/C28H17N5O4S3/c29-14-18(15-31-19-6-8-20(9-7-19)40(35,36)33-28-30-11-12-38-28)26-32-24(16-39-26)23-13-22-21-4-2-1-3-17(21)5-10-25(22)37-27(23)34/h1-13,15-16,31H,(H,30,33)/b18-15-. The van der Waals surface area contributed by atoms with E-state index in [0.717, 1.165) is 16.2 Å². The second kappa shape index (κ2) is 10.4. The Bertz CT molecular complexity index is 2110. The van der Waals surface area contributed by atoms with E-state index in [2.05, 4.69) is 26.1 Å². The fourth-order valence-electron chi connectivity index (χ4n) is 4.05. The highest BCUT2D eigenvalue weighted by atomic mass is 32.2. The normalized spacial score (nSPS) is 11.9. The van der Waals surface area contributed by atoms with Gasteiger partial charge in [-0.3, -0.25) is 4.72 Å². The molecule has 40 heavy (non-hydrogen) atoms. The number of aromatic nitrogens is 2. The molecule has 0 amide bonds. The van der Waals surface area contributed by atoms with Gasteiger partial charge in [0, 0.05) is 34.2 Å². The minimum atomic E-state index is -3.77. The van der Waals surface area contributed by atoms with Crippen LogP contribution in [-0.2, 0) is 10.0 Å². The maximum absolute atomic E-state index is 12.8. The van der Waals surface area contributed by atoms with Crippen LogP contribution in [0.4, 0.5) is 10.8 Å². The van der Waals surface area contributed by atoms with Gasteiger partial charge in [0.05, 0.1) is 16.2 Å². The molecule has 0 saturated heterocycles. The third-order valence-corrected chi connectivity index (χ3v) is 9.02. The fourth-order valence-corrected chi connectivity index (χ4v) is 6.62. The summed E-state index contributed by atoms with van der Waals surface area (Å²) >= 11 is 2.40. The molecular formula is C28H17N5O4S3. The number of allylic oxidation sites excluding steroid dienone is 1. The van der Waals surface area contributed by atoms with Gasteiger partial charge in [0.2, 0.25) is 0 Å². The summed E-state index contributed by atoms with van der Waals surface area (Å²) < 4.78 is 33.1. The average molecular weight is 584 g/mol. The van der Waals surface area contributed by atoms with Crippen LogP contribution in [0.2, 0.25) is 0 Å². The summed E-state index contributed by atoms with van der Waals surface area (Å²) in [6.45, 7) is 0. The molecule has 0 spiro atoms.